The van der Waals surface area contributed by atoms with Crippen LogP contribution in [0.25, 0.3) is 11.1 Å². The Morgan fingerprint density at radius 2 is 1.65 bits per heavy atom. The van der Waals surface area contributed by atoms with Crippen LogP contribution in [0.1, 0.15) is 24.0 Å². The molecule has 2 amide bonds. The Hall–Kier alpha value is -3.64. The van der Waals surface area contributed by atoms with Crippen LogP contribution in [-0.4, -0.2) is 24.2 Å². The van der Waals surface area contributed by atoms with Gasteiger partial charge in [-0.1, -0.05) is 54.6 Å². The molecule has 0 aliphatic rings. The fraction of sp³-hybridized carbons (Fsp3) is 0.200. The van der Waals surface area contributed by atoms with Crippen LogP contribution < -0.4 is 15.4 Å². The molecule has 0 heterocycles. The van der Waals surface area contributed by atoms with E-state index < -0.39 is 6.09 Å². The van der Waals surface area contributed by atoms with Crippen LogP contribution in [0, 0.1) is 0 Å². The maximum absolute atomic E-state index is 12.5. The SMILES string of the molecule is CN(C(=O)CCCc1ccc(-c2ccccc2)c(OC(N)=O)c1)c1ccc(CO)cc1. The Labute approximate surface area is 181 Å². The van der Waals surface area contributed by atoms with E-state index in [0.29, 0.717) is 25.0 Å². The van der Waals surface area contributed by atoms with E-state index in [0.717, 1.165) is 27.9 Å². The quantitative estimate of drug-likeness (QED) is 0.571. The van der Waals surface area contributed by atoms with E-state index in [1.165, 1.54) is 0 Å². The number of ether oxygens (including phenoxy) is 1. The standard InChI is InChI=1S/C25H26N2O4/c1-27(21-13-10-19(17-28)11-14-21)24(29)9-5-6-18-12-15-22(20-7-3-2-4-8-20)23(16-18)31-25(26)30/h2-4,7-8,10-16,28H,5-6,9,17H2,1H3,(H2,26,30). The second-order valence-electron chi connectivity index (χ2n) is 7.25. The molecule has 160 valence electrons. The second kappa shape index (κ2) is 10.4. The lowest BCUT2D eigenvalue weighted by atomic mass is 10.00. The minimum Gasteiger partial charge on any atom is -0.410 e. The minimum absolute atomic E-state index is 0.00580. The maximum atomic E-state index is 12.5. The summed E-state index contributed by atoms with van der Waals surface area (Å²) in [6.45, 7) is -0.0253. The summed E-state index contributed by atoms with van der Waals surface area (Å²) in [5, 5.41) is 9.14. The van der Waals surface area contributed by atoms with Crippen molar-refractivity contribution in [1.82, 2.24) is 0 Å². The highest BCUT2D eigenvalue weighted by atomic mass is 16.5. The molecule has 0 atom stereocenters. The number of primary amides is 1. The van der Waals surface area contributed by atoms with Gasteiger partial charge in [-0.25, -0.2) is 4.79 Å². The van der Waals surface area contributed by atoms with Crippen molar-refractivity contribution in [3.63, 3.8) is 0 Å². The van der Waals surface area contributed by atoms with Gasteiger partial charge in [0.05, 0.1) is 6.61 Å². The number of nitrogens with zero attached hydrogens (tertiary/aromatic N) is 1. The zero-order valence-corrected chi connectivity index (χ0v) is 17.5. The number of carbonyl (C=O) groups is 2. The third-order valence-electron chi connectivity index (χ3n) is 5.08. The molecule has 0 aliphatic heterocycles. The molecule has 31 heavy (non-hydrogen) atoms. The molecule has 0 aromatic heterocycles. The monoisotopic (exact) mass is 418 g/mol. The van der Waals surface area contributed by atoms with Crippen molar-refractivity contribution in [3.8, 4) is 16.9 Å². The van der Waals surface area contributed by atoms with Gasteiger partial charge in [0.1, 0.15) is 5.75 Å². The molecular formula is C25H26N2O4. The van der Waals surface area contributed by atoms with E-state index >= 15 is 0 Å². The summed E-state index contributed by atoms with van der Waals surface area (Å²) in [5.41, 5.74) is 9.50. The van der Waals surface area contributed by atoms with Gasteiger partial charge in [0.25, 0.3) is 0 Å². The number of carbonyl (C=O) groups excluding carboxylic acids is 2. The van der Waals surface area contributed by atoms with Crippen LogP contribution in [0.15, 0.2) is 72.8 Å². The minimum atomic E-state index is -0.863. The number of amides is 2. The van der Waals surface area contributed by atoms with Crippen molar-refractivity contribution >= 4 is 17.7 Å². The molecule has 6 nitrogen and oxygen atoms in total. The summed E-state index contributed by atoms with van der Waals surface area (Å²) in [6, 6.07) is 22.5. The van der Waals surface area contributed by atoms with Gasteiger partial charge in [0.2, 0.25) is 5.91 Å². The average molecular weight is 418 g/mol. The number of hydrogen-bond acceptors (Lipinski definition) is 4. The summed E-state index contributed by atoms with van der Waals surface area (Å²) >= 11 is 0. The van der Waals surface area contributed by atoms with Crippen LogP contribution in [0.5, 0.6) is 5.75 Å². The summed E-state index contributed by atoms with van der Waals surface area (Å²) in [7, 11) is 1.74. The lowest BCUT2D eigenvalue weighted by Crippen LogP contribution is -2.25. The third-order valence-corrected chi connectivity index (χ3v) is 5.08. The zero-order valence-electron chi connectivity index (χ0n) is 17.5. The predicted octanol–water partition coefficient (Wildman–Crippen LogP) is 4.29. The number of aryl methyl sites for hydroxylation is 1. The van der Waals surface area contributed by atoms with Gasteiger partial charge in [-0.15, -0.1) is 0 Å². The highest BCUT2D eigenvalue weighted by Gasteiger charge is 2.13. The first-order valence-corrected chi connectivity index (χ1v) is 10.1. The molecule has 0 fully saturated rings. The topological polar surface area (TPSA) is 92.9 Å². The zero-order chi connectivity index (χ0) is 22.2. The van der Waals surface area contributed by atoms with Crippen molar-refractivity contribution < 1.29 is 19.4 Å². The normalized spacial score (nSPS) is 10.5. The highest BCUT2D eigenvalue weighted by Crippen LogP contribution is 2.31. The van der Waals surface area contributed by atoms with Gasteiger partial charge in [0.15, 0.2) is 0 Å². The van der Waals surface area contributed by atoms with Crippen molar-refractivity contribution in [2.75, 3.05) is 11.9 Å². The van der Waals surface area contributed by atoms with E-state index in [1.54, 1.807) is 30.1 Å². The molecule has 3 aromatic carbocycles. The van der Waals surface area contributed by atoms with Crippen molar-refractivity contribution in [2.24, 2.45) is 5.73 Å². The first-order valence-electron chi connectivity index (χ1n) is 10.1. The van der Waals surface area contributed by atoms with Gasteiger partial charge in [-0.3, -0.25) is 4.79 Å². The van der Waals surface area contributed by atoms with Crippen LogP contribution in [-0.2, 0) is 17.8 Å². The molecule has 3 aromatic rings. The molecule has 3 N–H and O–H groups in total. The molecule has 0 saturated carbocycles. The molecule has 0 bridgehead atoms. The molecule has 0 radical (unpaired) electrons. The van der Waals surface area contributed by atoms with E-state index in [4.69, 9.17) is 15.6 Å². The molecule has 0 saturated heterocycles. The summed E-state index contributed by atoms with van der Waals surface area (Å²) in [5.74, 6) is 0.412. The van der Waals surface area contributed by atoms with Crippen LogP contribution in [0.4, 0.5) is 10.5 Å². The average Bonchev–Trinajstić information content (AvgIpc) is 2.79. The Kier molecular flexibility index (Phi) is 7.40. The lowest BCUT2D eigenvalue weighted by molar-refractivity contribution is -0.118. The van der Waals surface area contributed by atoms with E-state index in [9.17, 15) is 9.59 Å². The first kappa shape index (κ1) is 22.1. The van der Waals surface area contributed by atoms with Gasteiger partial charge in [-0.05, 0) is 47.7 Å². The van der Waals surface area contributed by atoms with E-state index in [-0.39, 0.29) is 12.5 Å². The van der Waals surface area contributed by atoms with Gasteiger partial charge >= 0.3 is 6.09 Å². The van der Waals surface area contributed by atoms with Gasteiger partial charge in [-0.2, -0.15) is 0 Å². The Bertz CT molecular complexity index is 1030. The number of aliphatic hydroxyl groups excluding tert-OH is 1. The highest BCUT2D eigenvalue weighted by molar-refractivity contribution is 5.92. The third kappa shape index (κ3) is 5.93. The molecule has 6 heteroatoms. The molecule has 0 aliphatic carbocycles. The van der Waals surface area contributed by atoms with Crippen LogP contribution in [0.2, 0.25) is 0 Å². The summed E-state index contributed by atoms with van der Waals surface area (Å²) in [6.07, 6.45) is 0.828. The van der Waals surface area contributed by atoms with E-state index in [1.807, 2.05) is 54.6 Å². The molecular weight excluding hydrogens is 392 g/mol. The fourth-order valence-electron chi connectivity index (χ4n) is 3.35. The van der Waals surface area contributed by atoms with Crippen LogP contribution >= 0.6 is 0 Å². The number of rotatable bonds is 8. The number of aliphatic hydroxyl groups is 1. The Balaban J connectivity index is 1.64. The van der Waals surface area contributed by atoms with Gasteiger partial charge < -0.3 is 20.5 Å². The number of benzene rings is 3. The molecule has 3 rings (SSSR count). The fourth-order valence-corrected chi connectivity index (χ4v) is 3.35. The van der Waals surface area contributed by atoms with Gasteiger partial charge in [0, 0.05) is 24.7 Å². The number of anilines is 1. The molecule has 0 unspecified atom stereocenters. The summed E-state index contributed by atoms with van der Waals surface area (Å²) < 4.78 is 5.23. The van der Waals surface area contributed by atoms with E-state index in [2.05, 4.69) is 0 Å². The molecule has 0 spiro atoms. The van der Waals surface area contributed by atoms with Crippen molar-refractivity contribution in [2.45, 2.75) is 25.9 Å². The smallest absolute Gasteiger partial charge is 0.409 e. The first-order chi connectivity index (χ1) is 15.0. The van der Waals surface area contributed by atoms with Crippen molar-refractivity contribution in [3.05, 3.63) is 83.9 Å². The Morgan fingerprint density at radius 3 is 2.29 bits per heavy atom. The number of hydrogen-bond donors (Lipinski definition) is 2. The van der Waals surface area contributed by atoms with Crippen LogP contribution in [0.3, 0.4) is 0 Å². The predicted molar refractivity (Wildman–Crippen MR) is 121 cm³/mol. The van der Waals surface area contributed by atoms with Crippen molar-refractivity contribution in [1.29, 1.82) is 0 Å². The maximum Gasteiger partial charge on any atom is 0.409 e. The Morgan fingerprint density at radius 1 is 0.968 bits per heavy atom. The summed E-state index contributed by atoms with van der Waals surface area (Å²) in [4.78, 5) is 25.5. The largest absolute Gasteiger partial charge is 0.410 e. The second-order valence-corrected chi connectivity index (χ2v) is 7.25. The lowest BCUT2D eigenvalue weighted by Gasteiger charge is -2.18. The number of nitrogens with two attached hydrogens (primary N) is 1.